The summed E-state index contributed by atoms with van der Waals surface area (Å²) in [5.74, 6) is 1.78. The molecule has 98 valence electrons. The second-order valence-electron chi connectivity index (χ2n) is 4.87. The van der Waals surface area contributed by atoms with Crippen molar-refractivity contribution in [1.82, 2.24) is 5.32 Å². The van der Waals surface area contributed by atoms with Crippen LogP contribution in [0.1, 0.15) is 24.8 Å². The van der Waals surface area contributed by atoms with E-state index in [4.69, 9.17) is 0 Å². The number of carbonyl (C=O) groups is 1. The molecule has 1 N–H and O–H groups in total. The van der Waals surface area contributed by atoms with Gasteiger partial charge in [0.15, 0.2) is 0 Å². The van der Waals surface area contributed by atoms with E-state index < -0.39 is 0 Å². The lowest BCUT2D eigenvalue weighted by atomic mass is 10.1. The van der Waals surface area contributed by atoms with Crippen molar-refractivity contribution >= 4 is 33.6 Å². The molecule has 1 aliphatic carbocycles. The molecule has 0 saturated heterocycles. The second-order valence-corrected chi connectivity index (χ2v) is 6.69. The van der Waals surface area contributed by atoms with Crippen LogP contribution in [-0.4, -0.2) is 24.0 Å². The van der Waals surface area contributed by atoms with E-state index >= 15 is 0 Å². The van der Waals surface area contributed by atoms with E-state index in [2.05, 4.69) is 46.6 Å². The van der Waals surface area contributed by atoms with E-state index in [0.717, 1.165) is 16.6 Å². The summed E-state index contributed by atoms with van der Waals surface area (Å²) in [6, 6.07) is 8.55. The van der Waals surface area contributed by atoms with Gasteiger partial charge in [0, 0.05) is 22.2 Å². The average Bonchev–Trinajstić information content (AvgIpc) is 3.10. The molecular weight excluding hydrogens is 310 g/mol. The summed E-state index contributed by atoms with van der Waals surface area (Å²) >= 11 is 5.19. The minimum absolute atomic E-state index is 0.176. The smallest absolute Gasteiger partial charge is 0.223 e. The molecule has 0 aromatic heterocycles. The molecule has 3 atom stereocenters. The Hall–Kier alpha value is -0.480. The maximum absolute atomic E-state index is 12.0. The molecule has 0 bridgehead atoms. The topological polar surface area (TPSA) is 29.1 Å². The second kappa shape index (κ2) is 6.11. The van der Waals surface area contributed by atoms with Gasteiger partial charge in [0.05, 0.1) is 0 Å². The van der Waals surface area contributed by atoms with E-state index in [0.29, 0.717) is 5.92 Å². The molecule has 1 aliphatic rings. The van der Waals surface area contributed by atoms with Crippen molar-refractivity contribution in [2.24, 2.45) is 5.92 Å². The zero-order valence-electron chi connectivity index (χ0n) is 10.7. The van der Waals surface area contributed by atoms with Gasteiger partial charge >= 0.3 is 0 Å². The first-order chi connectivity index (χ1) is 8.61. The van der Waals surface area contributed by atoms with Crippen LogP contribution in [0.3, 0.4) is 0 Å². The fourth-order valence-electron chi connectivity index (χ4n) is 2.20. The third kappa shape index (κ3) is 3.51. The Morgan fingerprint density at radius 3 is 2.78 bits per heavy atom. The van der Waals surface area contributed by atoms with Crippen LogP contribution in [0.15, 0.2) is 28.7 Å². The van der Waals surface area contributed by atoms with E-state index in [1.54, 1.807) is 11.8 Å². The number of thioether (sulfide) groups is 1. The van der Waals surface area contributed by atoms with Crippen LogP contribution in [0.5, 0.6) is 0 Å². The molecule has 1 saturated carbocycles. The number of rotatable bonds is 5. The van der Waals surface area contributed by atoms with Gasteiger partial charge in [-0.2, -0.15) is 11.8 Å². The monoisotopic (exact) mass is 327 g/mol. The third-order valence-electron chi connectivity index (χ3n) is 3.23. The number of hydrogen-bond donors (Lipinski definition) is 1. The van der Waals surface area contributed by atoms with Crippen molar-refractivity contribution in [1.29, 1.82) is 0 Å². The zero-order chi connectivity index (χ0) is 13.1. The predicted molar refractivity (Wildman–Crippen MR) is 81.0 cm³/mol. The maximum atomic E-state index is 12.0. The first-order valence-corrected chi connectivity index (χ1v) is 8.35. The standard InChI is InChI=1S/C14H18BrNOS/c1-9(8-18-2)16-14(17)13-7-12(13)10-3-5-11(15)6-4-10/h3-6,9,12-13H,7-8H2,1-2H3,(H,16,17). The molecule has 18 heavy (non-hydrogen) atoms. The van der Waals surface area contributed by atoms with Gasteiger partial charge in [-0.3, -0.25) is 4.79 Å². The Morgan fingerprint density at radius 2 is 2.17 bits per heavy atom. The molecule has 0 aliphatic heterocycles. The molecule has 4 heteroatoms. The van der Waals surface area contributed by atoms with Crippen molar-refractivity contribution < 1.29 is 4.79 Å². The van der Waals surface area contributed by atoms with Crippen LogP contribution in [0, 0.1) is 5.92 Å². The molecular formula is C14H18BrNOS. The molecule has 1 amide bonds. The van der Waals surface area contributed by atoms with Crippen molar-refractivity contribution in [3.8, 4) is 0 Å². The van der Waals surface area contributed by atoms with Gasteiger partial charge in [-0.25, -0.2) is 0 Å². The highest BCUT2D eigenvalue weighted by molar-refractivity contribution is 9.10. The van der Waals surface area contributed by atoms with Crippen molar-refractivity contribution in [3.63, 3.8) is 0 Å². The van der Waals surface area contributed by atoms with Crippen LogP contribution >= 0.6 is 27.7 Å². The van der Waals surface area contributed by atoms with Crippen molar-refractivity contribution in [2.75, 3.05) is 12.0 Å². The third-order valence-corrected chi connectivity index (χ3v) is 4.59. The molecule has 3 unspecified atom stereocenters. The van der Waals surface area contributed by atoms with Gasteiger partial charge in [-0.1, -0.05) is 28.1 Å². The Morgan fingerprint density at radius 1 is 1.50 bits per heavy atom. The van der Waals surface area contributed by atoms with Gasteiger partial charge in [-0.05, 0) is 43.2 Å². The maximum Gasteiger partial charge on any atom is 0.223 e. The summed E-state index contributed by atoms with van der Waals surface area (Å²) in [5, 5.41) is 3.08. The zero-order valence-corrected chi connectivity index (χ0v) is 13.1. The number of nitrogens with one attached hydrogen (secondary N) is 1. The number of benzene rings is 1. The highest BCUT2D eigenvalue weighted by atomic mass is 79.9. The highest BCUT2D eigenvalue weighted by Gasteiger charge is 2.43. The number of halogens is 1. The van der Waals surface area contributed by atoms with Gasteiger partial charge in [0.25, 0.3) is 0 Å². The van der Waals surface area contributed by atoms with E-state index in [-0.39, 0.29) is 17.9 Å². The Balaban J connectivity index is 1.87. The van der Waals surface area contributed by atoms with Gasteiger partial charge < -0.3 is 5.32 Å². The lowest BCUT2D eigenvalue weighted by molar-refractivity contribution is -0.122. The minimum atomic E-state index is 0.176. The molecule has 2 rings (SSSR count). The average molecular weight is 328 g/mol. The lowest BCUT2D eigenvalue weighted by Gasteiger charge is -2.12. The normalized spacial score (nSPS) is 23.5. The summed E-state index contributed by atoms with van der Waals surface area (Å²) in [7, 11) is 0. The molecule has 0 spiro atoms. The van der Waals surface area contributed by atoms with Gasteiger partial charge in [-0.15, -0.1) is 0 Å². The van der Waals surface area contributed by atoms with Crippen LogP contribution in [-0.2, 0) is 4.79 Å². The van der Waals surface area contributed by atoms with E-state index in [9.17, 15) is 4.79 Å². The number of carbonyl (C=O) groups excluding carboxylic acids is 1. The lowest BCUT2D eigenvalue weighted by Crippen LogP contribution is -2.35. The van der Waals surface area contributed by atoms with Crippen molar-refractivity contribution in [2.45, 2.75) is 25.3 Å². The quantitative estimate of drug-likeness (QED) is 0.897. The van der Waals surface area contributed by atoms with Crippen LogP contribution in [0.25, 0.3) is 0 Å². The minimum Gasteiger partial charge on any atom is -0.353 e. The molecule has 0 radical (unpaired) electrons. The highest BCUT2D eigenvalue weighted by Crippen LogP contribution is 2.47. The molecule has 1 fully saturated rings. The largest absolute Gasteiger partial charge is 0.353 e. The van der Waals surface area contributed by atoms with E-state index in [1.165, 1.54) is 5.56 Å². The summed E-state index contributed by atoms with van der Waals surface area (Å²) < 4.78 is 1.08. The molecule has 1 aromatic rings. The fraction of sp³-hybridized carbons (Fsp3) is 0.500. The van der Waals surface area contributed by atoms with Crippen LogP contribution in [0.4, 0.5) is 0 Å². The van der Waals surface area contributed by atoms with E-state index in [1.807, 2.05) is 12.1 Å². The van der Waals surface area contributed by atoms with Gasteiger partial charge in [0.2, 0.25) is 5.91 Å². The first kappa shape index (κ1) is 13.9. The van der Waals surface area contributed by atoms with Crippen LogP contribution in [0.2, 0.25) is 0 Å². The summed E-state index contributed by atoms with van der Waals surface area (Å²) in [5.41, 5.74) is 1.27. The Kier molecular flexibility index (Phi) is 4.73. The Labute approximate surface area is 121 Å². The summed E-state index contributed by atoms with van der Waals surface area (Å²) in [6.07, 6.45) is 3.05. The molecule has 0 heterocycles. The fourth-order valence-corrected chi connectivity index (χ4v) is 3.05. The summed E-state index contributed by atoms with van der Waals surface area (Å²) in [4.78, 5) is 12.0. The number of hydrogen-bond acceptors (Lipinski definition) is 2. The number of amides is 1. The van der Waals surface area contributed by atoms with Crippen LogP contribution < -0.4 is 5.32 Å². The first-order valence-electron chi connectivity index (χ1n) is 6.16. The molecule has 1 aromatic carbocycles. The van der Waals surface area contributed by atoms with Gasteiger partial charge in [0.1, 0.15) is 0 Å². The SMILES string of the molecule is CSCC(C)NC(=O)C1CC1c1ccc(Br)cc1. The molecule has 2 nitrogen and oxygen atoms in total. The Bertz CT molecular complexity index is 420. The predicted octanol–water partition coefficient (Wildman–Crippen LogP) is 3.42. The summed E-state index contributed by atoms with van der Waals surface area (Å²) in [6.45, 7) is 2.06. The van der Waals surface area contributed by atoms with Crippen molar-refractivity contribution in [3.05, 3.63) is 34.3 Å².